The molecule has 0 bridgehead atoms. The molecule has 0 spiro atoms. The summed E-state index contributed by atoms with van der Waals surface area (Å²) in [6.07, 6.45) is 0.746. The maximum absolute atomic E-state index is 12.2. The number of aromatic nitrogens is 2. The van der Waals surface area contributed by atoms with Gasteiger partial charge in [-0.25, -0.2) is 9.88 Å². The zero-order valence-electron chi connectivity index (χ0n) is 19.5. The highest BCUT2D eigenvalue weighted by molar-refractivity contribution is 7.45. The van der Waals surface area contributed by atoms with E-state index in [0.717, 1.165) is 0 Å². The molecular weight excluding hydrogens is 449 g/mol. The summed E-state index contributed by atoms with van der Waals surface area (Å²) in [5.74, 6) is 0.176. The fourth-order valence-electron chi connectivity index (χ4n) is 2.67. The van der Waals surface area contributed by atoms with Crippen LogP contribution in [0.25, 0.3) is 0 Å². The summed E-state index contributed by atoms with van der Waals surface area (Å²) in [7, 11) is -1.71. The summed E-state index contributed by atoms with van der Waals surface area (Å²) in [6, 6.07) is 9.72. The first-order valence-electron chi connectivity index (χ1n) is 10.8. The van der Waals surface area contributed by atoms with E-state index in [1.54, 1.807) is 39.8 Å². The molecule has 2 rings (SSSR count). The minimum atomic E-state index is -1.71. The van der Waals surface area contributed by atoms with Crippen molar-refractivity contribution in [2.75, 3.05) is 6.61 Å². The number of H-pyrrole nitrogens is 1. The van der Waals surface area contributed by atoms with E-state index in [0.29, 0.717) is 12.2 Å². The van der Waals surface area contributed by atoms with Gasteiger partial charge in [-0.05, 0) is 46.2 Å². The molecule has 10 nitrogen and oxygen atoms in total. The van der Waals surface area contributed by atoms with Crippen molar-refractivity contribution < 1.29 is 23.3 Å². The van der Waals surface area contributed by atoms with Crippen molar-refractivity contribution in [3.05, 3.63) is 63.4 Å². The number of para-hydroxylation sites is 1. The largest absolute Gasteiger partial charge is 0.462 e. The molecule has 2 N–H and O–H groups in total. The number of nitrogens with zero attached hydrogens (tertiary/aromatic N) is 1. The fraction of sp³-hybridized carbons (Fsp3) is 0.500. The summed E-state index contributed by atoms with van der Waals surface area (Å²) in [6.45, 7) is 9.01. The Morgan fingerprint density at radius 1 is 1.12 bits per heavy atom. The standard InChI is InChI=1S/C22H32N3O7P/c1-6-18(31-17(5)25-13-12-20(26)23-22(25)28)14-29-33(32-19-10-8-7-9-11-19)24-16(4)21(27)30-15(2)3/h7-13,15-18,24H,6,14H2,1-5H3,(H,23,26,28)/t16-,17-,18+,33?/m1/s1. The second-order valence-electron chi connectivity index (χ2n) is 7.58. The number of hydrogen-bond acceptors (Lipinski definition) is 8. The molecule has 0 aliphatic heterocycles. The lowest BCUT2D eigenvalue weighted by molar-refractivity contribution is -0.149. The van der Waals surface area contributed by atoms with Crippen molar-refractivity contribution in [1.82, 2.24) is 14.6 Å². The van der Waals surface area contributed by atoms with E-state index < -0.39 is 38.0 Å². The van der Waals surface area contributed by atoms with Gasteiger partial charge < -0.3 is 18.5 Å². The lowest BCUT2D eigenvalue weighted by Crippen LogP contribution is -2.36. The first kappa shape index (κ1) is 26.7. The molecular formula is C22H32N3O7P. The second kappa shape index (κ2) is 13.3. The number of rotatable bonds is 13. The molecule has 33 heavy (non-hydrogen) atoms. The Kier molecular flexibility index (Phi) is 10.7. The molecule has 1 aromatic carbocycles. The van der Waals surface area contributed by atoms with Gasteiger partial charge in [-0.15, -0.1) is 0 Å². The number of carbonyl (C=O) groups excluding carboxylic acids is 1. The Morgan fingerprint density at radius 3 is 2.42 bits per heavy atom. The van der Waals surface area contributed by atoms with Crippen LogP contribution in [0.1, 0.15) is 47.3 Å². The number of carbonyl (C=O) groups is 1. The van der Waals surface area contributed by atoms with Crippen LogP contribution in [-0.2, 0) is 18.8 Å². The second-order valence-corrected chi connectivity index (χ2v) is 8.79. The predicted octanol–water partition coefficient (Wildman–Crippen LogP) is 3.10. The molecule has 0 aliphatic rings. The summed E-state index contributed by atoms with van der Waals surface area (Å²) in [5, 5.41) is 3.05. The number of aromatic amines is 1. The third-order valence-corrected chi connectivity index (χ3v) is 5.76. The van der Waals surface area contributed by atoms with Crippen LogP contribution in [0.2, 0.25) is 0 Å². The van der Waals surface area contributed by atoms with E-state index in [-0.39, 0.29) is 18.8 Å². The van der Waals surface area contributed by atoms with Crippen molar-refractivity contribution in [3.63, 3.8) is 0 Å². The normalized spacial score (nSPS) is 15.0. The van der Waals surface area contributed by atoms with Gasteiger partial charge >= 0.3 is 20.2 Å². The molecule has 0 amide bonds. The summed E-state index contributed by atoms with van der Waals surface area (Å²) < 4.78 is 24.4. The quantitative estimate of drug-likeness (QED) is 0.331. The number of benzene rings is 1. The summed E-state index contributed by atoms with van der Waals surface area (Å²) in [5.41, 5.74) is -1.03. The van der Waals surface area contributed by atoms with Crippen LogP contribution in [0.3, 0.4) is 0 Å². The van der Waals surface area contributed by atoms with Gasteiger partial charge in [0, 0.05) is 12.3 Å². The van der Waals surface area contributed by atoms with Crippen molar-refractivity contribution in [3.8, 4) is 5.75 Å². The van der Waals surface area contributed by atoms with Gasteiger partial charge in [0.05, 0.1) is 18.8 Å². The number of ether oxygens (including phenoxy) is 2. The monoisotopic (exact) mass is 481 g/mol. The molecule has 0 fully saturated rings. The molecule has 11 heteroatoms. The lowest BCUT2D eigenvalue weighted by atomic mass is 10.3. The van der Waals surface area contributed by atoms with Crippen LogP contribution in [0.15, 0.2) is 52.2 Å². The maximum Gasteiger partial charge on any atom is 0.330 e. The zero-order valence-corrected chi connectivity index (χ0v) is 20.4. The molecule has 1 heterocycles. The summed E-state index contributed by atoms with van der Waals surface area (Å²) >= 11 is 0. The molecule has 0 saturated heterocycles. The molecule has 4 atom stereocenters. The molecule has 0 aliphatic carbocycles. The van der Waals surface area contributed by atoms with Crippen LogP contribution < -0.4 is 20.9 Å². The smallest absolute Gasteiger partial charge is 0.330 e. The Bertz CT molecular complexity index is 980. The van der Waals surface area contributed by atoms with E-state index in [2.05, 4.69) is 10.1 Å². The van der Waals surface area contributed by atoms with Crippen molar-refractivity contribution >= 4 is 14.5 Å². The van der Waals surface area contributed by atoms with Gasteiger partial charge in [-0.3, -0.25) is 19.1 Å². The topological polar surface area (TPSA) is 121 Å². The maximum atomic E-state index is 12.2. The molecule has 182 valence electrons. The van der Waals surface area contributed by atoms with Crippen LogP contribution in [0.4, 0.5) is 0 Å². The molecule has 0 radical (unpaired) electrons. The first-order chi connectivity index (χ1) is 15.7. The molecule has 2 aromatic rings. The Morgan fingerprint density at radius 2 is 1.82 bits per heavy atom. The summed E-state index contributed by atoms with van der Waals surface area (Å²) in [4.78, 5) is 37.7. The van der Waals surface area contributed by atoms with Crippen molar-refractivity contribution in [1.29, 1.82) is 0 Å². The Labute approximate surface area is 194 Å². The van der Waals surface area contributed by atoms with E-state index >= 15 is 0 Å². The van der Waals surface area contributed by atoms with Crippen molar-refractivity contribution in [2.24, 2.45) is 0 Å². The first-order valence-corrected chi connectivity index (χ1v) is 12.0. The van der Waals surface area contributed by atoms with E-state index in [1.165, 1.54) is 16.8 Å². The van der Waals surface area contributed by atoms with Crippen LogP contribution in [0, 0.1) is 0 Å². The highest BCUT2D eigenvalue weighted by Gasteiger charge is 2.25. The molecule has 0 saturated carbocycles. The number of nitrogens with one attached hydrogen (secondary N) is 2. The number of esters is 1. The SMILES string of the molecule is CC[C@@H](COP(N[C@H](C)C(=O)OC(C)C)Oc1ccccc1)O[C@H](C)n1ccc(=O)[nH]c1=O. The highest BCUT2D eigenvalue weighted by Crippen LogP contribution is 2.36. The molecule has 1 aromatic heterocycles. The van der Waals surface area contributed by atoms with Gasteiger partial charge in [0.1, 0.15) is 18.0 Å². The fourth-order valence-corrected chi connectivity index (χ4v) is 3.89. The third-order valence-electron chi connectivity index (χ3n) is 4.40. The van der Waals surface area contributed by atoms with Gasteiger partial charge in [0.25, 0.3) is 5.56 Å². The van der Waals surface area contributed by atoms with Crippen LogP contribution in [0.5, 0.6) is 5.75 Å². The third kappa shape index (κ3) is 9.09. The Balaban J connectivity index is 2.04. The van der Waals surface area contributed by atoms with Crippen LogP contribution >= 0.6 is 8.53 Å². The average Bonchev–Trinajstić information content (AvgIpc) is 2.76. The van der Waals surface area contributed by atoms with Gasteiger partial charge in [-0.1, -0.05) is 25.1 Å². The van der Waals surface area contributed by atoms with Gasteiger partial charge in [0.2, 0.25) is 0 Å². The minimum Gasteiger partial charge on any atom is -0.462 e. The van der Waals surface area contributed by atoms with E-state index in [4.69, 9.17) is 18.5 Å². The number of hydrogen-bond donors (Lipinski definition) is 2. The Hall–Kier alpha value is -2.52. The zero-order chi connectivity index (χ0) is 24.4. The van der Waals surface area contributed by atoms with Crippen molar-refractivity contribution in [2.45, 2.75) is 65.5 Å². The van der Waals surface area contributed by atoms with Gasteiger partial charge in [0.15, 0.2) is 0 Å². The predicted molar refractivity (Wildman–Crippen MR) is 125 cm³/mol. The minimum absolute atomic E-state index is 0.149. The van der Waals surface area contributed by atoms with E-state index in [9.17, 15) is 14.4 Å². The van der Waals surface area contributed by atoms with Crippen LogP contribution in [-0.4, -0.2) is 40.4 Å². The lowest BCUT2D eigenvalue weighted by Gasteiger charge is -2.26. The highest BCUT2D eigenvalue weighted by atomic mass is 31.2. The van der Waals surface area contributed by atoms with E-state index in [1.807, 2.05) is 25.1 Å². The average molecular weight is 481 g/mol. The van der Waals surface area contributed by atoms with Gasteiger partial charge in [-0.2, -0.15) is 0 Å². The molecule has 1 unspecified atom stereocenters.